The zero-order chi connectivity index (χ0) is 17.7. The predicted octanol–water partition coefficient (Wildman–Crippen LogP) is 3.96. The Labute approximate surface area is 140 Å². The lowest BCUT2D eigenvalue weighted by Crippen LogP contribution is -2.44. The third-order valence-electron chi connectivity index (χ3n) is 4.46. The fourth-order valence-corrected chi connectivity index (χ4v) is 2.98. The molecule has 1 N–H and O–H groups in total. The van der Waals surface area contributed by atoms with Crippen LogP contribution in [-0.4, -0.2) is 24.7 Å². The van der Waals surface area contributed by atoms with Crippen molar-refractivity contribution in [3.05, 3.63) is 35.4 Å². The molecule has 1 aromatic carbocycles. The summed E-state index contributed by atoms with van der Waals surface area (Å²) in [6.07, 6.45) is -1.51. The fourth-order valence-electron chi connectivity index (χ4n) is 2.98. The average Bonchev–Trinajstić information content (AvgIpc) is 2.52. The minimum Gasteiger partial charge on any atom is -0.378 e. The van der Waals surface area contributed by atoms with E-state index >= 15 is 0 Å². The van der Waals surface area contributed by atoms with Crippen LogP contribution in [0.4, 0.5) is 13.2 Å². The number of amides is 1. The van der Waals surface area contributed by atoms with Crippen LogP contribution >= 0.6 is 0 Å². The number of carbonyl (C=O) groups is 1. The Morgan fingerprint density at radius 3 is 2.54 bits per heavy atom. The SMILES string of the molecule is CC[C@H](Cc1ccc(C(F)(F)F)cc1)C(=O)N[C@@H]1CCO[C@H](C)C1. The molecule has 1 aliphatic heterocycles. The number of carbonyl (C=O) groups excluding carboxylic acids is 1. The van der Waals surface area contributed by atoms with Crippen LogP contribution in [0.2, 0.25) is 0 Å². The number of halogens is 3. The molecule has 3 nitrogen and oxygen atoms in total. The van der Waals surface area contributed by atoms with Gasteiger partial charge in [-0.25, -0.2) is 0 Å². The second-order valence-corrected chi connectivity index (χ2v) is 6.42. The summed E-state index contributed by atoms with van der Waals surface area (Å²) in [5.74, 6) is -0.267. The number of ether oxygens (including phenoxy) is 1. The van der Waals surface area contributed by atoms with E-state index in [1.165, 1.54) is 12.1 Å². The standard InChI is InChI=1S/C18H24F3NO2/c1-3-14(17(23)22-16-8-9-24-12(2)10-16)11-13-4-6-15(7-5-13)18(19,20)21/h4-7,12,14,16H,3,8-11H2,1-2H3,(H,22,23)/t12-,14-,16-/m1/s1. The first kappa shape index (κ1) is 18.8. The number of alkyl halides is 3. The van der Waals surface area contributed by atoms with Crippen LogP contribution in [0, 0.1) is 5.92 Å². The Morgan fingerprint density at radius 1 is 1.33 bits per heavy atom. The quantitative estimate of drug-likeness (QED) is 0.879. The van der Waals surface area contributed by atoms with Gasteiger partial charge in [0.15, 0.2) is 0 Å². The largest absolute Gasteiger partial charge is 0.416 e. The van der Waals surface area contributed by atoms with Gasteiger partial charge in [-0.15, -0.1) is 0 Å². The Morgan fingerprint density at radius 2 is 2.00 bits per heavy atom. The summed E-state index contributed by atoms with van der Waals surface area (Å²) >= 11 is 0. The molecule has 1 aromatic rings. The Balaban J connectivity index is 1.94. The molecule has 1 saturated heterocycles. The van der Waals surface area contributed by atoms with Crippen LogP contribution in [0.3, 0.4) is 0 Å². The molecule has 1 heterocycles. The van der Waals surface area contributed by atoms with Gasteiger partial charge in [0.25, 0.3) is 0 Å². The first-order valence-corrected chi connectivity index (χ1v) is 8.37. The third-order valence-corrected chi connectivity index (χ3v) is 4.46. The molecule has 3 atom stereocenters. The van der Waals surface area contributed by atoms with E-state index in [1.54, 1.807) is 0 Å². The van der Waals surface area contributed by atoms with Crippen molar-refractivity contribution < 1.29 is 22.7 Å². The Kier molecular flexibility index (Phi) is 6.27. The molecule has 134 valence electrons. The molecule has 24 heavy (non-hydrogen) atoms. The molecule has 1 amide bonds. The van der Waals surface area contributed by atoms with Crippen molar-refractivity contribution in [3.8, 4) is 0 Å². The van der Waals surface area contributed by atoms with Gasteiger partial charge < -0.3 is 10.1 Å². The normalized spacial score (nSPS) is 22.9. The van der Waals surface area contributed by atoms with Crippen molar-refractivity contribution in [1.29, 1.82) is 0 Å². The number of nitrogens with one attached hydrogen (secondary N) is 1. The van der Waals surface area contributed by atoms with Gasteiger partial charge in [0.2, 0.25) is 5.91 Å². The Bertz CT molecular complexity index is 542. The number of benzene rings is 1. The molecule has 0 spiro atoms. The van der Waals surface area contributed by atoms with Crippen molar-refractivity contribution in [2.75, 3.05) is 6.61 Å². The zero-order valence-corrected chi connectivity index (χ0v) is 14.0. The molecule has 0 aromatic heterocycles. The summed E-state index contributed by atoms with van der Waals surface area (Å²) < 4.78 is 43.3. The summed E-state index contributed by atoms with van der Waals surface area (Å²) in [7, 11) is 0. The first-order chi connectivity index (χ1) is 11.3. The molecule has 1 aliphatic rings. The van der Waals surface area contributed by atoms with Gasteiger partial charge in [0.05, 0.1) is 11.7 Å². The van der Waals surface area contributed by atoms with Gasteiger partial charge in [-0.2, -0.15) is 13.2 Å². The smallest absolute Gasteiger partial charge is 0.378 e. The molecular formula is C18H24F3NO2. The van der Waals surface area contributed by atoms with E-state index in [9.17, 15) is 18.0 Å². The van der Waals surface area contributed by atoms with Gasteiger partial charge in [0.1, 0.15) is 0 Å². The van der Waals surface area contributed by atoms with E-state index < -0.39 is 11.7 Å². The fraction of sp³-hybridized carbons (Fsp3) is 0.611. The topological polar surface area (TPSA) is 38.3 Å². The summed E-state index contributed by atoms with van der Waals surface area (Å²) in [6, 6.07) is 5.16. The summed E-state index contributed by atoms with van der Waals surface area (Å²) in [4.78, 5) is 12.4. The highest BCUT2D eigenvalue weighted by Crippen LogP contribution is 2.29. The zero-order valence-electron chi connectivity index (χ0n) is 14.0. The van der Waals surface area contributed by atoms with E-state index in [1.807, 2.05) is 13.8 Å². The third kappa shape index (κ3) is 5.23. The molecule has 0 aliphatic carbocycles. The number of hydrogen-bond acceptors (Lipinski definition) is 2. The average molecular weight is 343 g/mol. The van der Waals surface area contributed by atoms with Gasteiger partial charge in [-0.1, -0.05) is 19.1 Å². The second-order valence-electron chi connectivity index (χ2n) is 6.42. The van der Waals surface area contributed by atoms with Gasteiger partial charge in [-0.3, -0.25) is 4.79 Å². The van der Waals surface area contributed by atoms with Crippen LogP contribution in [0.1, 0.15) is 44.2 Å². The monoisotopic (exact) mass is 343 g/mol. The molecule has 6 heteroatoms. The summed E-state index contributed by atoms with van der Waals surface area (Å²) in [6.45, 7) is 4.54. The molecular weight excluding hydrogens is 319 g/mol. The van der Waals surface area contributed by atoms with Crippen LogP contribution in [0.15, 0.2) is 24.3 Å². The lowest BCUT2D eigenvalue weighted by atomic mass is 9.94. The van der Waals surface area contributed by atoms with E-state index in [-0.39, 0.29) is 24.0 Å². The van der Waals surface area contributed by atoms with E-state index in [2.05, 4.69) is 5.32 Å². The van der Waals surface area contributed by atoms with Crippen LogP contribution in [0.5, 0.6) is 0 Å². The molecule has 0 saturated carbocycles. The maximum atomic E-state index is 12.6. The van der Waals surface area contributed by atoms with E-state index in [0.717, 1.165) is 30.5 Å². The van der Waals surface area contributed by atoms with Crippen LogP contribution in [0.25, 0.3) is 0 Å². The maximum Gasteiger partial charge on any atom is 0.416 e. The van der Waals surface area contributed by atoms with Crippen molar-refractivity contribution in [2.45, 2.75) is 57.9 Å². The number of rotatable bonds is 5. The summed E-state index contributed by atoms with van der Waals surface area (Å²) in [5, 5.41) is 3.06. The highest BCUT2D eigenvalue weighted by Gasteiger charge is 2.30. The minimum absolute atomic E-state index is 0.0310. The highest BCUT2D eigenvalue weighted by atomic mass is 19.4. The first-order valence-electron chi connectivity index (χ1n) is 8.37. The van der Waals surface area contributed by atoms with Crippen molar-refractivity contribution in [1.82, 2.24) is 5.32 Å². The molecule has 0 unspecified atom stereocenters. The van der Waals surface area contributed by atoms with E-state index in [0.29, 0.717) is 19.4 Å². The number of hydrogen-bond donors (Lipinski definition) is 1. The minimum atomic E-state index is -4.33. The van der Waals surface area contributed by atoms with Crippen molar-refractivity contribution in [3.63, 3.8) is 0 Å². The summed E-state index contributed by atoms with van der Waals surface area (Å²) in [5.41, 5.74) is 0.0743. The van der Waals surface area contributed by atoms with Crippen molar-refractivity contribution >= 4 is 5.91 Å². The lowest BCUT2D eigenvalue weighted by Gasteiger charge is -2.29. The molecule has 0 radical (unpaired) electrons. The van der Waals surface area contributed by atoms with E-state index in [4.69, 9.17) is 4.74 Å². The molecule has 0 bridgehead atoms. The van der Waals surface area contributed by atoms with Crippen molar-refractivity contribution in [2.24, 2.45) is 5.92 Å². The molecule has 2 rings (SSSR count). The van der Waals surface area contributed by atoms with Gasteiger partial charge in [-0.05, 0) is 50.3 Å². The molecule has 1 fully saturated rings. The second kappa shape index (κ2) is 8.01. The lowest BCUT2D eigenvalue weighted by molar-refractivity contribution is -0.137. The van der Waals surface area contributed by atoms with Crippen LogP contribution < -0.4 is 5.32 Å². The van der Waals surface area contributed by atoms with Gasteiger partial charge in [0, 0.05) is 18.6 Å². The maximum absolute atomic E-state index is 12.6. The van der Waals surface area contributed by atoms with Crippen LogP contribution in [-0.2, 0) is 22.1 Å². The Hall–Kier alpha value is -1.56. The predicted molar refractivity (Wildman–Crippen MR) is 85.5 cm³/mol. The highest BCUT2D eigenvalue weighted by molar-refractivity contribution is 5.79. The van der Waals surface area contributed by atoms with Gasteiger partial charge >= 0.3 is 6.18 Å².